The van der Waals surface area contributed by atoms with Gasteiger partial charge in [0, 0.05) is 24.2 Å². The van der Waals surface area contributed by atoms with Crippen molar-refractivity contribution in [3.05, 3.63) is 112 Å². The maximum absolute atomic E-state index is 13.2. The highest BCUT2D eigenvalue weighted by atomic mass is 16.6. The summed E-state index contributed by atoms with van der Waals surface area (Å²) >= 11 is 0. The molecule has 0 aliphatic carbocycles. The van der Waals surface area contributed by atoms with E-state index < -0.39 is 40.8 Å². The Bertz CT molecular complexity index is 1620. The lowest BCUT2D eigenvalue weighted by Crippen LogP contribution is -2.52. The van der Waals surface area contributed by atoms with E-state index in [9.17, 15) is 34.4 Å². The number of methoxy groups -OCH3 is 1. The highest BCUT2D eigenvalue weighted by molar-refractivity contribution is 5.91. The van der Waals surface area contributed by atoms with E-state index in [0.717, 1.165) is 11.8 Å². The molecule has 49 heavy (non-hydrogen) atoms. The van der Waals surface area contributed by atoms with Crippen molar-refractivity contribution in [2.24, 2.45) is 5.92 Å². The Morgan fingerprint density at radius 3 is 1.88 bits per heavy atom. The zero-order valence-corrected chi connectivity index (χ0v) is 27.5. The summed E-state index contributed by atoms with van der Waals surface area (Å²) in [7, 11) is 1.53. The molecule has 2 amide bonds. The summed E-state index contributed by atoms with van der Waals surface area (Å²) < 4.78 is 5.13. The van der Waals surface area contributed by atoms with Crippen LogP contribution in [0.3, 0.4) is 0 Å². The fraction of sp³-hybridized carbons (Fsp3) is 0.314. The van der Waals surface area contributed by atoms with Crippen molar-refractivity contribution in [1.82, 2.24) is 10.6 Å². The largest absolute Gasteiger partial charge is 0.497 e. The van der Waals surface area contributed by atoms with Gasteiger partial charge in [0.05, 0.1) is 18.5 Å². The summed E-state index contributed by atoms with van der Waals surface area (Å²) in [6.45, 7) is 3.76. The van der Waals surface area contributed by atoms with E-state index in [1.54, 1.807) is 72.8 Å². The Labute approximate surface area is 283 Å². The summed E-state index contributed by atoms with van der Waals surface area (Å²) in [6, 6.07) is 18.1. The molecule has 3 aromatic carbocycles. The van der Waals surface area contributed by atoms with Gasteiger partial charge in [0.15, 0.2) is 5.82 Å². The molecule has 0 radical (unpaired) electrons. The number of carboxylic acid groups (broad SMARTS) is 2. The van der Waals surface area contributed by atoms with Crippen LogP contribution in [-0.2, 0) is 38.4 Å². The average molecular weight is 676 g/mol. The number of anilines is 2. The SMILES string of the molecule is COc1ccc(N/C(=C/[N+](=O)[O-])Nc2ccc(CC(=O)NC(CC(C)C)C(=O)NC(Cc3ccc(CCC(=O)O)cc3)C(=O)O)cc2)cc1. The smallest absolute Gasteiger partial charge is 0.326 e. The number of nitrogens with zero attached hydrogens (tertiary/aromatic N) is 1. The highest BCUT2D eigenvalue weighted by Crippen LogP contribution is 2.19. The van der Waals surface area contributed by atoms with E-state index in [-0.39, 0.29) is 37.4 Å². The minimum atomic E-state index is -1.25. The number of aryl methyl sites for hydroxylation is 1. The molecule has 0 aromatic heterocycles. The van der Waals surface area contributed by atoms with Gasteiger partial charge in [0.2, 0.25) is 11.8 Å². The van der Waals surface area contributed by atoms with E-state index in [4.69, 9.17) is 9.84 Å². The van der Waals surface area contributed by atoms with Gasteiger partial charge >= 0.3 is 11.9 Å². The van der Waals surface area contributed by atoms with E-state index in [0.29, 0.717) is 34.7 Å². The first-order valence-electron chi connectivity index (χ1n) is 15.6. The molecule has 0 bridgehead atoms. The number of benzene rings is 3. The molecule has 0 saturated heterocycles. The molecule has 3 aromatic rings. The van der Waals surface area contributed by atoms with Gasteiger partial charge in [-0.3, -0.25) is 24.5 Å². The molecular formula is C35H41N5O9. The third-order valence-electron chi connectivity index (χ3n) is 7.26. The monoisotopic (exact) mass is 675 g/mol. The maximum Gasteiger partial charge on any atom is 0.326 e. The number of aliphatic carboxylic acids is 2. The van der Waals surface area contributed by atoms with E-state index in [2.05, 4.69) is 21.3 Å². The van der Waals surface area contributed by atoms with Crippen LogP contribution in [0.5, 0.6) is 5.75 Å². The zero-order chi connectivity index (χ0) is 35.9. The first kappa shape index (κ1) is 37.5. The molecule has 6 N–H and O–H groups in total. The van der Waals surface area contributed by atoms with Crippen molar-refractivity contribution in [3.63, 3.8) is 0 Å². The molecule has 0 aliphatic heterocycles. The Morgan fingerprint density at radius 1 is 0.816 bits per heavy atom. The van der Waals surface area contributed by atoms with E-state index >= 15 is 0 Å². The summed E-state index contributed by atoms with van der Waals surface area (Å²) in [5, 5.41) is 41.1. The van der Waals surface area contributed by atoms with E-state index in [1.165, 1.54) is 7.11 Å². The molecule has 0 spiro atoms. The van der Waals surface area contributed by atoms with Gasteiger partial charge in [-0.05, 0) is 71.8 Å². The molecule has 2 unspecified atom stereocenters. The van der Waals surface area contributed by atoms with Crippen LogP contribution in [0.2, 0.25) is 0 Å². The number of ether oxygens (including phenoxy) is 1. The number of carbonyl (C=O) groups is 4. The summed E-state index contributed by atoms with van der Waals surface area (Å²) in [5.41, 5.74) is 3.17. The normalized spacial score (nSPS) is 12.4. The first-order valence-corrected chi connectivity index (χ1v) is 15.6. The van der Waals surface area contributed by atoms with Crippen molar-refractivity contribution < 1.29 is 39.1 Å². The highest BCUT2D eigenvalue weighted by Gasteiger charge is 2.27. The van der Waals surface area contributed by atoms with Crippen molar-refractivity contribution >= 4 is 35.1 Å². The minimum absolute atomic E-state index is 0.00278. The number of carboxylic acids is 2. The number of carbonyl (C=O) groups excluding carboxylic acids is 2. The van der Waals surface area contributed by atoms with Gasteiger partial charge in [0.1, 0.15) is 17.8 Å². The van der Waals surface area contributed by atoms with Gasteiger partial charge < -0.3 is 36.2 Å². The summed E-state index contributed by atoms with van der Waals surface area (Å²) in [6.07, 6.45) is 1.32. The Morgan fingerprint density at radius 2 is 1.37 bits per heavy atom. The molecule has 0 aliphatic rings. The lowest BCUT2D eigenvalue weighted by molar-refractivity contribution is -0.403. The van der Waals surface area contributed by atoms with Crippen molar-refractivity contribution in [2.45, 2.75) is 58.0 Å². The fourth-order valence-corrected chi connectivity index (χ4v) is 4.83. The third-order valence-corrected chi connectivity index (χ3v) is 7.26. The first-order chi connectivity index (χ1) is 23.3. The maximum atomic E-state index is 13.2. The zero-order valence-electron chi connectivity index (χ0n) is 27.5. The predicted molar refractivity (Wildman–Crippen MR) is 183 cm³/mol. The number of amides is 2. The predicted octanol–water partition coefficient (Wildman–Crippen LogP) is 4.20. The molecule has 0 heterocycles. The van der Waals surface area contributed by atoms with Crippen LogP contribution in [0.15, 0.2) is 84.8 Å². The number of hydrogen-bond donors (Lipinski definition) is 6. The lowest BCUT2D eigenvalue weighted by atomic mass is 10.00. The molecule has 14 heteroatoms. The topological polar surface area (TPSA) is 209 Å². The van der Waals surface area contributed by atoms with Crippen molar-refractivity contribution in [1.29, 1.82) is 0 Å². The molecule has 2 atom stereocenters. The second-order valence-electron chi connectivity index (χ2n) is 11.7. The quantitative estimate of drug-likeness (QED) is 0.0784. The number of rotatable bonds is 19. The third kappa shape index (κ3) is 13.4. The molecule has 14 nitrogen and oxygen atoms in total. The summed E-state index contributed by atoms with van der Waals surface area (Å²) in [5.74, 6) is -2.46. The number of nitro groups is 1. The minimum Gasteiger partial charge on any atom is -0.497 e. The molecular weight excluding hydrogens is 634 g/mol. The number of hydrogen-bond acceptors (Lipinski definition) is 9. The van der Waals surface area contributed by atoms with Crippen molar-refractivity contribution in [2.75, 3.05) is 17.7 Å². The van der Waals surface area contributed by atoms with Crippen LogP contribution < -0.4 is 26.0 Å². The average Bonchev–Trinajstić information content (AvgIpc) is 3.04. The van der Waals surface area contributed by atoms with Gasteiger partial charge in [-0.15, -0.1) is 0 Å². The Hall–Kier alpha value is -5.92. The summed E-state index contributed by atoms with van der Waals surface area (Å²) in [4.78, 5) is 59.7. The van der Waals surface area contributed by atoms with Crippen LogP contribution in [0.4, 0.5) is 11.4 Å². The molecule has 3 rings (SSSR count). The van der Waals surface area contributed by atoms with Crippen LogP contribution in [0.1, 0.15) is 43.4 Å². The van der Waals surface area contributed by atoms with Crippen molar-refractivity contribution in [3.8, 4) is 5.75 Å². The van der Waals surface area contributed by atoms with Crippen LogP contribution in [-0.4, -0.2) is 58.1 Å². The molecule has 0 fully saturated rings. The number of nitrogens with one attached hydrogen (secondary N) is 4. The molecule has 260 valence electrons. The van der Waals surface area contributed by atoms with Gasteiger partial charge in [-0.2, -0.15) is 0 Å². The fourth-order valence-electron chi connectivity index (χ4n) is 4.83. The van der Waals surface area contributed by atoms with Crippen LogP contribution >= 0.6 is 0 Å². The van der Waals surface area contributed by atoms with Gasteiger partial charge in [-0.25, -0.2) is 4.79 Å². The Kier molecular flexibility index (Phi) is 14.1. The van der Waals surface area contributed by atoms with E-state index in [1.807, 2.05) is 13.8 Å². The van der Waals surface area contributed by atoms with Crippen LogP contribution in [0, 0.1) is 16.0 Å². The second kappa shape index (κ2) is 18.4. The molecule has 0 saturated carbocycles. The Balaban J connectivity index is 1.61. The van der Waals surface area contributed by atoms with Gasteiger partial charge in [0.25, 0.3) is 6.20 Å². The second-order valence-corrected chi connectivity index (χ2v) is 11.7. The standard InChI is InChI=1S/C35H41N5O9/c1-22(2)18-29(34(44)39-30(35(45)46)19-24-6-4-23(5-7-24)10-17-33(42)43)38-32(41)20-25-8-11-26(12-9-25)36-31(21-40(47)48)37-27-13-15-28(49-3)16-14-27/h4-9,11-16,21-22,29-30,36-37H,10,17-20H2,1-3H3,(H,38,41)(H,39,44)(H,42,43)(H,45,46)/b31-21+. The van der Waals surface area contributed by atoms with Crippen LogP contribution in [0.25, 0.3) is 0 Å². The van der Waals surface area contributed by atoms with Gasteiger partial charge in [-0.1, -0.05) is 50.2 Å². The lowest BCUT2D eigenvalue weighted by Gasteiger charge is -2.23.